The molecule has 0 heteroatoms. The molecule has 0 nitrogen and oxygen atoms in total. The van der Waals surface area contributed by atoms with Crippen molar-refractivity contribution in [3.05, 3.63) is 87.5 Å². The lowest BCUT2D eigenvalue weighted by Gasteiger charge is -2.36. The van der Waals surface area contributed by atoms with Crippen molar-refractivity contribution in [1.29, 1.82) is 0 Å². The zero-order valence-electron chi connectivity index (χ0n) is 30.3. The minimum atomic E-state index is 0. The number of hydrogen-bond donors (Lipinski definition) is 0. The molecule has 1 unspecified atom stereocenters. The topological polar surface area (TPSA) is 0 Å². The number of hydrogen-bond acceptors (Lipinski definition) is 0. The maximum absolute atomic E-state index is 2.51. The predicted octanol–water partition coefficient (Wildman–Crippen LogP) is 17.6. The summed E-state index contributed by atoms with van der Waals surface area (Å²) in [6, 6.07) is 18.6. The Morgan fingerprint density at radius 2 is 0.979 bits per heavy atom. The van der Waals surface area contributed by atoms with Crippen LogP contribution in [0, 0.1) is 17.8 Å². The van der Waals surface area contributed by atoms with Crippen molar-refractivity contribution in [3.8, 4) is 0 Å². The van der Waals surface area contributed by atoms with Gasteiger partial charge >= 0.3 is 0 Å². The summed E-state index contributed by atoms with van der Waals surface area (Å²) < 4.78 is 0. The van der Waals surface area contributed by atoms with Gasteiger partial charge in [-0.1, -0.05) is 222 Å². The molecule has 5 atom stereocenters. The van der Waals surface area contributed by atoms with E-state index in [2.05, 4.69) is 104 Å². The van der Waals surface area contributed by atoms with Gasteiger partial charge in [-0.15, -0.1) is 0 Å². The van der Waals surface area contributed by atoms with Crippen molar-refractivity contribution in [2.45, 2.75) is 192 Å². The Kier molecular flexibility index (Phi) is 38.5. The minimum Gasteiger partial charge on any atom is -0.0776 e. The zero-order valence-corrected chi connectivity index (χ0v) is 30.3. The van der Waals surface area contributed by atoms with E-state index < -0.39 is 0 Å². The highest BCUT2D eigenvalue weighted by molar-refractivity contribution is 5.96. The molecule has 0 radical (unpaired) electrons. The molecule has 2 aromatic carbocycles. The lowest BCUT2D eigenvalue weighted by Crippen LogP contribution is -2.32. The van der Waals surface area contributed by atoms with E-state index in [0.717, 1.165) is 5.92 Å². The van der Waals surface area contributed by atoms with E-state index in [1.54, 1.807) is 39.0 Å². The van der Waals surface area contributed by atoms with Crippen molar-refractivity contribution in [3.63, 3.8) is 0 Å². The van der Waals surface area contributed by atoms with E-state index >= 15 is 0 Å². The van der Waals surface area contributed by atoms with Crippen LogP contribution in [0.25, 0.3) is 5.57 Å². The van der Waals surface area contributed by atoms with E-state index in [1.165, 1.54) is 31.2 Å². The zero-order chi connectivity index (χ0) is 31.9. The molecule has 4 aliphatic rings. The van der Waals surface area contributed by atoms with Gasteiger partial charge in [0.2, 0.25) is 0 Å². The molecule has 280 valence electrons. The molecular formula is C47H92. The lowest BCUT2D eigenvalue weighted by atomic mass is 9.65. The van der Waals surface area contributed by atoms with Crippen LogP contribution in [-0.4, -0.2) is 0 Å². The van der Waals surface area contributed by atoms with Crippen molar-refractivity contribution in [2.75, 3.05) is 0 Å². The Labute approximate surface area is 302 Å². The summed E-state index contributed by atoms with van der Waals surface area (Å²) >= 11 is 0. The van der Waals surface area contributed by atoms with Gasteiger partial charge in [-0.25, -0.2) is 0 Å². The molecule has 0 amide bonds. The van der Waals surface area contributed by atoms with Gasteiger partial charge in [0.15, 0.2) is 0 Å². The molecule has 47 heavy (non-hydrogen) atoms. The van der Waals surface area contributed by atoms with Gasteiger partial charge in [0.05, 0.1) is 0 Å². The molecule has 6 rings (SSSR count). The average molecular weight is 657 g/mol. The molecule has 0 bridgehead atoms. The summed E-state index contributed by atoms with van der Waals surface area (Å²) in [4.78, 5) is 0. The van der Waals surface area contributed by atoms with Crippen LogP contribution in [-0.2, 0) is 5.41 Å². The second-order valence-corrected chi connectivity index (χ2v) is 11.0. The van der Waals surface area contributed by atoms with Gasteiger partial charge in [0, 0.05) is 5.41 Å². The molecule has 0 heterocycles. The second kappa shape index (κ2) is 30.0. The number of allylic oxidation sites excluding steroid dienone is 4. The normalized spacial score (nSPS) is 21.8. The van der Waals surface area contributed by atoms with Crippen LogP contribution in [0.4, 0.5) is 0 Å². The predicted molar refractivity (Wildman–Crippen MR) is 230 cm³/mol. The first-order valence-electron chi connectivity index (χ1n) is 17.5. The van der Waals surface area contributed by atoms with Crippen molar-refractivity contribution in [2.24, 2.45) is 17.8 Å². The van der Waals surface area contributed by atoms with Crippen molar-refractivity contribution >= 4 is 5.57 Å². The summed E-state index contributed by atoms with van der Waals surface area (Å²) in [6.07, 6.45) is 5.01. The van der Waals surface area contributed by atoms with Crippen LogP contribution in [0.2, 0.25) is 0 Å². The molecule has 2 aromatic rings. The fourth-order valence-electron chi connectivity index (χ4n) is 7.14. The van der Waals surface area contributed by atoms with E-state index in [0.29, 0.717) is 17.8 Å². The number of rotatable bonds is 0. The minimum absolute atomic E-state index is 0. The molecule has 0 aliphatic heterocycles. The van der Waals surface area contributed by atoms with Gasteiger partial charge in [-0.2, -0.15) is 0 Å². The Morgan fingerprint density at radius 3 is 1.45 bits per heavy atom. The van der Waals surface area contributed by atoms with Crippen molar-refractivity contribution in [1.82, 2.24) is 0 Å². The first-order chi connectivity index (χ1) is 19.9. The summed E-state index contributed by atoms with van der Waals surface area (Å²) in [6.45, 7) is 34.4. The smallest absolute Gasteiger partial charge is 0.0463 e. The SMILES string of the molecule is C.C.C.C.C.C.CC.CC.CC.CC.CCC.CCC.C[C@@H]1CC2=C(C3=C(C2)C2(c4ccccc43)c3ccccc3[C@@H](C)[C@H]2C)[C@@H]1C. The lowest BCUT2D eigenvalue weighted by molar-refractivity contribution is 0.387. The molecule has 0 saturated heterocycles. The first kappa shape index (κ1) is 60.3. The molecule has 4 aliphatic carbocycles. The standard InChI is InChI=1S/C27H28.2C3H8.4C2H6.6CH4/c1-15-13-19-14-24-26(25(19)16(15)2)21-10-6-8-12-23(21)27(24)18(4)17(3)20-9-5-7-11-22(20)27;2*1-3-2;4*1-2;;;;;;/h5-12,15-18H,13-14H2,1-4H3;2*3H2,1-2H3;4*1-2H3;6*1H4/t15-,16-,17+,18-,27?;;;;;;;;;;;;/m1............/s1. The van der Waals surface area contributed by atoms with Gasteiger partial charge in [-0.3, -0.25) is 0 Å². The highest BCUT2D eigenvalue weighted by Crippen LogP contribution is 2.68. The highest BCUT2D eigenvalue weighted by Gasteiger charge is 2.58. The van der Waals surface area contributed by atoms with Crippen LogP contribution in [0.5, 0.6) is 0 Å². The molecule has 0 N–H and O–H groups in total. The van der Waals surface area contributed by atoms with Crippen LogP contribution < -0.4 is 0 Å². The Morgan fingerprint density at radius 1 is 0.574 bits per heavy atom. The van der Waals surface area contributed by atoms with E-state index in [4.69, 9.17) is 0 Å². The maximum Gasteiger partial charge on any atom is 0.0463 e. The molecular weight excluding hydrogens is 565 g/mol. The van der Waals surface area contributed by atoms with Gasteiger partial charge < -0.3 is 0 Å². The Bertz CT molecular complexity index is 1080. The van der Waals surface area contributed by atoms with E-state index in [1.807, 2.05) is 55.4 Å². The summed E-state index contributed by atoms with van der Waals surface area (Å²) in [5.74, 6) is 2.70. The molecule has 0 fully saturated rings. The van der Waals surface area contributed by atoms with E-state index in [9.17, 15) is 0 Å². The van der Waals surface area contributed by atoms with Crippen LogP contribution in [0.3, 0.4) is 0 Å². The molecule has 0 saturated carbocycles. The quantitative estimate of drug-likeness (QED) is 0.265. The fraction of sp³-hybridized carbons (Fsp3) is 0.660. The van der Waals surface area contributed by atoms with Crippen LogP contribution in [0.15, 0.2) is 65.3 Å². The summed E-state index contributed by atoms with van der Waals surface area (Å²) in [5.41, 5.74) is 13.2. The Hall–Kier alpha value is -2.08. The monoisotopic (exact) mass is 657 g/mol. The third-order valence-electron chi connectivity index (χ3n) is 8.63. The number of fused-ring (bicyclic) bond motifs is 7. The van der Waals surface area contributed by atoms with E-state index in [-0.39, 0.29) is 50.0 Å². The fourth-order valence-corrected chi connectivity index (χ4v) is 7.14. The summed E-state index contributed by atoms with van der Waals surface area (Å²) in [7, 11) is 0. The van der Waals surface area contributed by atoms with Gasteiger partial charge in [0.1, 0.15) is 0 Å². The molecule has 0 aromatic heterocycles. The third kappa shape index (κ3) is 11.0. The average Bonchev–Trinajstić information content (AvgIpc) is 3.68. The second-order valence-electron chi connectivity index (χ2n) is 11.0. The molecule has 1 spiro atoms. The highest BCUT2D eigenvalue weighted by atomic mass is 14.6. The van der Waals surface area contributed by atoms with Crippen molar-refractivity contribution < 1.29 is 0 Å². The largest absolute Gasteiger partial charge is 0.0776 e. The summed E-state index contributed by atoms with van der Waals surface area (Å²) in [5, 5.41) is 0. The maximum atomic E-state index is 2.51. The van der Waals surface area contributed by atoms with Gasteiger partial charge in [-0.05, 0) is 75.5 Å². The first-order valence-corrected chi connectivity index (χ1v) is 17.5. The third-order valence-corrected chi connectivity index (χ3v) is 8.63. The van der Waals surface area contributed by atoms with Crippen LogP contribution >= 0.6 is 0 Å². The number of benzene rings is 2. The van der Waals surface area contributed by atoms with Crippen LogP contribution in [0.1, 0.15) is 209 Å². The Balaban J connectivity index is -0.000000142. The van der Waals surface area contributed by atoms with Gasteiger partial charge in [0.25, 0.3) is 0 Å².